The molecule has 0 spiro atoms. The largest absolute Gasteiger partial charge is 0.417 e. The average Bonchev–Trinajstić information content (AvgIpc) is 3.02. The van der Waals surface area contributed by atoms with Crippen molar-refractivity contribution < 1.29 is 31.5 Å². The number of aromatic nitrogens is 4. The lowest BCUT2D eigenvalue weighted by atomic mass is 10.2. The van der Waals surface area contributed by atoms with E-state index in [9.17, 15) is 26.4 Å². The number of ketones is 1. The van der Waals surface area contributed by atoms with Crippen LogP contribution in [0.5, 0.6) is 0 Å². The molecule has 0 unspecified atom stereocenters. The van der Waals surface area contributed by atoms with Crippen molar-refractivity contribution in [2.24, 2.45) is 7.05 Å². The molecular weight excluding hydrogens is 413 g/mol. The number of Topliss-reactive ketones (excluding diaryl/α,β-unsaturated/α-hetero) is 1. The highest BCUT2D eigenvalue weighted by atomic mass is 32.2. The number of aliphatic hydroxyl groups excluding tert-OH is 1. The van der Waals surface area contributed by atoms with Gasteiger partial charge in [-0.2, -0.15) is 13.2 Å². The number of pyridine rings is 2. The fourth-order valence-electron chi connectivity index (χ4n) is 2.69. The average molecular weight is 428 g/mol. The van der Waals surface area contributed by atoms with Crippen molar-refractivity contribution in [3.8, 4) is 11.5 Å². The summed E-state index contributed by atoms with van der Waals surface area (Å²) in [4.78, 5) is 23.1. The first-order valence-corrected chi connectivity index (χ1v) is 9.91. The zero-order valence-electron chi connectivity index (χ0n) is 15.2. The van der Waals surface area contributed by atoms with E-state index >= 15 is 0 Å². The number of aliphatic hydroxyl groups is 1. The van der Waals surface area contributed by atoms with Crippen molar-refractivity contribution >= 4 is 26.8 Å². The fraction of sp³-hybridized carbons (Fsp3) is 0.294. The highest BCUT2D eigenvalue weighted by Crippen LogP contribution is 2.34. The predicted molar refractivity (Wildman–Crippen MR) is 95.9 cm³/mol. The van der Waals surface area contributed by atoms with E-state index in [1.165, 1.54) is 30.8 Å². The molecule has 3 aromatic heterocycles. The second kappa shape index (κ2) is 7.19. The van der Waals surface area contributed by atoms with Crippen molar-refractivity contribution in [3.05, 3.63) is 35.7 Å². The number of rotatable bonds is 5. The molecular formula is C17H15F3N4O4S. The molecule has 1 N–H and O–H groups in total. The van der Waals surface area contributed by atoms with Gasteiger partial charge in [-0.3, -0.25) is 9.78 Å². The molecule has 0 atom stereocenters. The van der Waals surface area contributed by atoms with Gasteiger partial charge in [-0.25, -0.2) is 18.4 Å². The fourth-order valence-corrected chi connectivity index (χ4v) is 3.75. The first-order valence-electron chi connectivity index (χ1n) is 8.26. The maximum atomic E-state index is 13.1. The third kappa shape index (κ3) is 3.72. The van der Waals surface area contributed by atoms with Gasteiger partial charge in [0.1, 0.15) is 17.8 Å². The monoisotopic (exact) mass is 428 g/mol. The molecule has 3 heterocycles. The summed E-state index contributed by atoms with van der Waals surface area (Å²) in [7, 11) is -2.57. The molecule has 8 nitrogen and oxygen atoms in total. The lowest BCUT2D eigenvalue weighted by Crippen LogP contribution is -2.13. The van der Waals surface area contributed by atoms with Gasteiger partial charge in [0, 0.05) is 25.0 Å². The number of alkyl halides is 3. The second-order valence-electron chi connectivity index (χ2n) is 6.11. The van der Waals surface area contributed by atoms with Gasteiger partial charge in [-0.1, -0.05) is 6.92 Å². The third-order valence-corrected chi connectivity index (χ3v) is 6.02. The van der Waals surface area contributed by atoms with Crippen LogP contribution in [0, 0.1) is 0 Å². The number of aryl methyl sites for hydroxylation is 1. The Labute approximate surface area is 163 Å². The van der Waals surface area contributed by atoms with Gasteiger partial charge in [0.2, 0.25) is 0 Å². The maximum Gasteiger partial charge on any atom is 0.417 e. The third-order valence-electron chi connectivity index (χ3n) is 4.28. The Morgan fingerprint density at radius 1 is 1.21 bits per heavy atom. The van der Waals surface area contributed by atoms with Crippen LogP contribution in [0.3, 0.4) is 0 Å². The highest BCUT2D eigenvalue weighted by molar-refractivity contribution is 7.91. The molecule has 12 heteroatoms. The first kappa shape index (κ1) is 20.9. The van der Waals surface area contributed by atoms with Gasteiger partial charge in [0.25, 0.3) is 0 Å². The lowest BCUT2D eigenvalue weighted by Gasteiger charge is -2.12. The Morgan fingerprint density at radius 2 is 1.90 bits per heavy atom. The standard InChI is InChI=1S/C17H15F3N4O4S/c1-3-29(27,28)13-5-10(17(18,19)20)7-21-14(13)16-23-11-4-9(12(26)8-25)6-22-15(11)24(16)2/h4-7,25H,3,8H2,1-2H3. The van der Waals surface area contributed by atoms with Crippen LogP contribution in [-0.2, 0) is 23.1 Å². The van der Waals surface area contributed by atoms with Crippen molar-refractivity contribution in [2.45, 2.75) is 18.0 Å². The van der Waals surface area contributed by atoms with Gasteiger partial charge >= 0.3 is 6.18 Å². The summed E-state index contributed by atoms with van der Waals surface area (Å²) in [5.41, 5.74) is -0.901. The number of fused-ring (bicyclic) bond motifs is 1. The van der Waals surface area contributed by atoms with Crippen LogP contribution < -0.4 is 0 Å². The summed E-state index contributed by atoms with van der Waals surface area (Å²) in [5, 5.41) is 8.97. The minimum Gasteiger partial charge on any atom is -0.388 e. The van der Waals surface area contributed by atoms with Crippen molar-refractivity contribution in [3.63, 3.8) is 0 Å². The molecule has 0 fully saturated rings. The number of sulfone groups is 1. The molecule has 0 radical (unpaired) electrons. The molecule has 154 valence electrons. The van der Waals surface area contributed by atoms with Crippen LogP contribution in [0.25, 0.3) is 22.7 Å². The Hall–Kier alpha value is -2.86. The first-order chi connectivity index (χ1) is 13.5. The SMILES string of the molecule is CCS(=O)(=O)c1cc(C(F)(F)F)cnc1-c1nc2cc(C(=O)CO)cnc2n1C. The van der Waals surface area contributed by atoms with Crippen molar-refractivity contribution in [1.82, 2.24) is 19.5 Å². The van der Waals surface area contributed by atoms with E-state index in [2.05, 4.69) is 15.0 Å². The minimum absolute atomic E-state index is 0.0261. The Bertz CT molecular complexity index is 1220. The van der Waals surface area contributed by atoms with E-state index in [0.29, 0.717) is 12.3 Å². The van der Waals surface area contributed by atoms with Gasteiger partial charge in [-0.15, -0.1) is 0 Å². The molecule has 3 aromatic rings. The molecule has 0 saturated heterocycles. The number of carbonyl (C=O) groups excluding carboxylic acids is 1. The highest BCUT2D eigenvalue weighted by Gasteiger charge is 2.34. The Kier molecular flexibility index (Phi) is 5.17. The second-order valence-corrected chi connectivity index (χ2v) is 8.36. The van der Waals surface area contributed by atoms with Gasteiger partial charge in [0.05, 0.1) is 16.2 Å². The van der Waals surface area contributed by atoms with Crippen LogP contribution in [0.2, 0.25) is 0 Å². The zero-order chi connectivity index (χ0) is 21.6. The molecule has 0 aliphatic rings. The number of nitrogens with zero attached hydrogens (tertiary/aromatic N) is 4. The van der Waals surface area contributed by atoms with Gasteiger partial charge in [0.15, 0.2) is 27.1 Å². The van der Waals surface area contributed by atoms with E-state index < -0.39 is 44.6 Å². The minimum atomic E-state index is -4.77. The van der Waals surface area contributed by atoms with E-state index in [4.69, 9.17) is 5.11 Å². The van der Waals surface area contributed by atoms with Gasteiger partial charge in [-0.05, 0) is 12.1 Å². The molecule has 0 amide bonds. The Morgan fingerprint density at radius 3 is 2.48 bits per heavy atom. The summed E-state index contributed by atoms with van der Waals surface area (Å²) < 4.78 is 65.5. The smallest absolute Gasteiger partial charge is 0.388 e. The summed E-state index contributed by atoms with van der Waals surface area (Å²) in [6.45, 7) is 0.578. The van der Waals surface area contributed by atoms with Crippen LogP contribution in [0.1, 0.15) is 22.8 Å². The van der Waals surface area contributed by atoms with Crippen LogP contribution in [-0.4, -0.2) is 51.2 Å². The molecule has 0 aliphatic carbocycles. The summed E-state index contributed by atoms with van der Waals surface area (Å²) in [6.07, 6.45) is -3.01. The number of hydrogen-bond acceptors (Lipinski definition) is 7. The number of carbonyl (C=O) groups is 1. The number of imidazole rings is 1. The summed E-state index contributed by atoms with van der Waals surface area (Å²) >= 11 is 0. The van der Waals surface area contributed by atoms with Crippen molar-refractivity contribution in [2.75, 3.05) is 12.4 Å². The summed E-state index contributed by atoms with van der Waals surface area (Å²) in [5.74, 6) is -1.05. The van der Waals surface area contributed by atoms with E-state index in [-0.39, 0.29) is 28.2 Å². The van der Waals surface area contributed by atoms with E-state index in [0.717, 1.165) is 0 Å². The quantitative estimate of drug-likeness (QED) is 0.618. The topological polar surface area (TPSA) is 115 Å². The molecule has 3 rings (SSSR count). The van der Waals surface area contributed by atoms with E-state index in [1.807, 2.05) is 0 Å². The predicted octanol–water partition coefficient (Wildman–Crippen LogP) is 2.02. The number of hydrogen-bond donors (Lipinski definition) is 1. The maximum absolute atomic E-state index is 13.1. The molecule has 0 saturated carbocycles. The van der Waals surface area contributed by atoms with Crippen molar-refractivity contribution in [1.29, 1.82) is 0 Å². The molecule has 0 aromatic carbocycles. The Balaban J connectivity index is 2.28. The normalized spacial score (nSPS) is 12.5. The number of halogens is 3. The van der Waals surface area contributed by atoms with E-state index in [1.54, 1.807) is 0 Å². The molecule has 0 bridgehead atoms. The van der Waals surface area contributed by atoms with Gasteiger partial charge < -0.3 is 9.67 Å². The van der Waals surface area contributed by atoms with Crippen LogP contribution >= 0.6 is 0 Å². The summed E-state index contributed by atoms with van der Waals surface area (Å²) in [6, 6.07) is 1.89. The van der Waals surface area contributed by atoms with Crippen LogP contribution in [0.4, 0.5) is 13.2 Å². The molecule has 29 heavy (non-hydrogen) atoms. The molecule has 0 aliphatic heterocycles. The zero-order valence-corrected chi connectivity index (χ0v) is 16.0. The van der Waals surface area contributed by atoms with Crippen LogP contribution in [0.15, 0.2) is 29.4 Å². The lowest BCUT2D eigenvalue weighted by molar-refractivity contribution is -0.138.